The van der Waals surface area contributed by atoms with E-state index >= 15 is 0 Å². The number of aliphatic hydroxyl groups is 3. The van der Waals surface area contributed by atoms with Crippen molar-refractivity contribution in [3.63, 3.8) is 0 Å². The van der Waals surface area contributed by atoms with Gasteiger partial charge in [0, 0.05) is 6.42 Å². The van der Waals surface area contributed by atoms with Crippen molar-refractivity contribution >= 4 is 5.91 Å². The van der Waals surface area contributed by atoms with E-state index in [1.54, 1.807) is 0 Å². The van der Waals surface area contributed by atoms with Gasteiger partial charge in [-0.3, -0.25) is 4.79 Å². The zero-order valence-corrected chi connectivity index (χ0v) is 34.1. The van der Waals surface area contributed by atoms with Gasteiger partial charge in [-0.15, -0.1) is 0 Å². The summed E-state index contributed by atoms with van der Waals surface area (Å²) in [5.41, 5.74) is 0. The van der Waals surface area contributed by atoms with Gasteiger partial charge in [-0.05, 0) is 12.8 Å². The third kappa shape index (κ3) is 35.7. The normalized spacial score (nSPS) is 13.5. The van der Waals surface area contributed by atoms with Gasteiger partial charge in [0.2, 0.25) is 5.91 Å². The van der Waals surface area contributed by atoms with Crippen LogP contribution in [0.2, 0.25) is 0 Å². The molecule has 0 aromatic carbocycles. The largest absolute Gasteiger partial charge is 0.394 e. The molecule has 3 unspecified atom stereocenters. The lowest BCUT2D eigenvalue weighted by atomic mass is 9.99. The Morgan fingerprint density at radius 1 is 0.420 bits per heavy atom. The summed E-state index contributed by atoms with van der Waals surface area (Å²) < 4.78 is 0. The highest BCUT2D eigenvalue weighted by Gasteiger charge is 2.26. The Hall–Kier alpha value is -0.650. The van der Waals surface area contributed by atoms with Crippen LogP contribution in [0.1, 0.15) is 258 Å². The van der Waals surface area contributed by atoms with E-state index in [1.165, 1.54) is 199 Å². The fourth-order valence-corrected chi connectivity index (χ4v) is 7.40. The summed E-state index contributed by atoms with van der Waals surface area (Å²) in [7, 11) is 0. The summed E-state index contributed by atoms with van der Waals surface area (Å²) in [5.74, 6) is -0.139. The molecule has 0 aromatic rings. The zero-order chi connectivity index (χ0) is 36.6. The van der Waals surface area contributed by atoms with Gasteiger partial charge in [-0.1, -0.05) is 239 Å². The van der Waals surface area contributed by atoms with Crippen molar-refractivity contribution < 1.29 is 20.1 Å². The summed E-state index contributed by atoms with van der Waals surface area (Å²) in [6, 6.07) is -0.802. The first-order valence-corrected chi connectivity index (χ1v) is 22.8. The first kappa shape index (κ1) is 49.4. The number of aliphatic hydroxyl groups excluding tert-OH is 3. The first-order chi connectivity index (χ1) is 24.6. The van der Waals surface area contributed by atoms with Crippen molar-refractivity contribution in [2.45, 2.75) is 276 Å². The van der Waals surface area contributed by atoms with Gasteiger partial charge in [0.15, 0.2) is 0 Å². The number of carbonyl (C=O) groups excluding carboxylic acids is 1. The molecule has 0 radical (unpaired) electrons. The van der Waals surface area contributed by atoms with E-state index in [0.717, 1.165) is 32.1 Å². The highest BCUT2D eigenvalue weighted by atomic mass is 16.3. The molecular formula is C45H91NO4. The molecule has 0 aromatic heterocycles. The molecule has 0 aliphatic carbocycles. The monoisotopic (exact) mass is 710 g/mol. The second-order valence-corrected chi connectivity index (χ2v) is 16.0. The first-order valence-electron chi connectivity index (χ1n) is 22.8. The van der Waals surface area contributed by atoms with Crippen molar-refractivity contribution in [1.29, 1.82) is 0 Å². The molecule has 3 atom stereocenters. The minimum atomic E-state index is -1.13. The molecule has 0 rings (SSSR count). The van der Waals surface area contributed by atoms with E-state index in [4.69, 9.17) is 0 Å². The van der Waals surface area contributed by atoms with Gasteiger partial charge >= 0.3 is 0 Å². The van der Waals surface area contributed by atoms with Crippen LogP contribution in [0.3, 0.4) is 0 Å². The number of hydrogen-bond acceptors (Lipinski definition) is 4. The van der Waals surface area contributed by atoms with Crippen LogP contribution in [0.5, 0.6) is 0 Å². The van der Waals surface area contributed by atoms with Crippen LogP contribution in [-0.4, -0.2) is 46.1 Å². The zero-order valence-electron chi connectivity index (χ0n) is 34.1. The molecule has 1 amide bonds. The van der Waals surface area contributed by atoms with Crippen LogP contribution >= 0.6 is 0 Å². The SMILES string of the molecule is CCCCCCCCCCCCCCCCCCCCCCC(O)C(O)C(CO)NC(=O)CCCCCCCCCCCCCCCCCC. The summed E-state index contributed by atoms with van der Waals surface area (Å²) in [6.07, 6.45) is 46.4. The predicted octanol–water partition coefficient (Wildman–Crippen LogP) is 13.0. The lowest BCUT2D eigenvalue weighted by molar-refractivity contribution is -0.124. The molecule has 300 valence electrons. The quantitative estimate of drug-likeness (QED) is 0.0475. The second kappa shape index (κ2) is 41.1. The predicted molar refractivity (Wildman–Crippen MR) is 218 cm³/mol. The lowest BCUT2D eigenvalue weighted by Crippen LogP contribution is -2.50. The summed E-state index contributed by atoms with van der Waals surface area (Å²) >= 11 is 0. The molecule has 0 fully saturated rings. The molecule has 0 spiro atoms. The standard InChI is InChI=1S/C45H91NO4/c1-3-5-7-9-11-13-15-17-19-21-22-23-24-25-27-29-31-33-35-37-39-43(48)45(50)42(41-47)46-44(49)40-38-36-34-32-30-28-26-20-18-16-14-12-10-8-6-4-2/h42-43,45,47-48,50H,3-41H2,1-2H3,(H,46,49). The Morgan fingerprint density at radius 2 is 0.680 bits per heavy atom. The fourth-order valence-electron chi connectivity index (χ4n) is 7.40. The molecule has 0 aliphatic heterocycles. The van der Waals surface area contributed by atoms with E-state index in [1.807, 2.05) is 0 Å². The van der Waals surface area contributed by atoms with E-state index in [0.29, 0.717) is 12.8 Å². The van der Waals surface area contributed by atoms with Crippen LogP contribution in [0, 0.1) is 0 Å². The minimum Gasteiger partial charge on any atom is -0.394 e. The maximum absolute atomic E-state index is 12.4. The maximum Gasteiger partial charge on any atom is 0.220 e. The van der Waals surface area contributed by atoms with Crippen LogP contribution in [0.25, 0.3) is 0 Å². The molecule has 0 saturated carbocycles. The molecule has 0 heterocycles. The van der Waals surface area contributed by atoms with Gasteiger partial charge in [0.1, 0.15) is 6.10 Å². The van der Waals surface area contributed by atoms with Gasteiger partial charge in [-0.25, -0.2) is 0 Å². The molecule has 50 heavy (non-hydrogen) atoms. The molecular weight excluding hydrogens is 618 g/mol. The molecule has 0 saturated heterocycles. The smallest absolute Gasteiger partial charge is 0.220 e. The van der Waals surface area contributed by atoms with Crippen LogP contribution in [0.15, 0.2) is 0 Å². The summed E-state index contributed by atoms with van der Waals surface area (Å²) in [4.78, 5) is 12.4. The van der Waals surface area contributed by atoms with E-state index in [2.05, 4.69) is 19.2 Å². The van der Waals surface area contributed by atoms with Crippen LogP contribution in [0.4, 0.5) is 0 Å². The Labute approximate surface area is 313 Å². The molecule has 5 heteroatoms. The Kier molecular flexibility index (Phi) is 40.6. The van der Waals surface area contributed by atoms with E-state index < -0.39 is 18.2 Å². The highest BCUT2D eigenvalue weighted by Crippen LogP contribution is 2.17. The second-order valence-electron chi connectivity index (χ2n) is 16.0. The minimum absolute atomic E-state index is 0.139. The molecule has 0 bridgehead atoms. The number of carbonyl (C=O) groups is 1. The number of rotatable bonds is 42. The van der Waals surface area contributed by atoms with Gasteiger partial charge < -0.3 is 20.6 Å². The Bertz CT molecular complexity index is 659. The fraction of sp³-hybridized carbons (Fsp3) is 0.978. The number of amides is 1. The summed E-state index contributed by atoms with van der Waals surface area (Å²) in [5, 5.41) is 33.6. The average molecular weight is 710 g/mol. The van der Waals surface area contributed by atoms with Crippen molar-refractivity contribution in [3.05, 3.63) is 0 Å². The van der Waals surface area contributed by atoms with Crippen molar-refractivity contribution in [3.8, 4) is 0 Å². The van der Waals surface area contributed by atoms with Gasteiger partial charge in [0.05, 0.1) is 18.8 Å². The van der Waals surface area contributed by atoms with Crippen molar-refractivity contribution in [2.75, 3.05) is 6.61 Å². The third-order valence-corrected chi connectivity index (χ3v) is 11.0. The van der Waals surface area contributed by atoms with Crippen molar-refractivity contribution in [2.24, 2.45) is 0 Å². The average Bonchev–Trinajstić information content (AvgIpc) is 3.12. The maximum atomic E-state index is 12.4. The number of hydrogen-bond donors (Lipinski definition) is 4. The topological polar surface area (TPSA) is 89.8 Å². The molecule has 5 nitrogen and oxygen atoms in total. The van der Waals surface area contributed by atoms with Gasteiger partial charge in [0.25, 0.3) is 0 Å². The van der Waals surface area contributed by atoms with Crippen LogP contribution in [-0.2, 0) is 4.79 Å². The molecule has 4 N–H and O–H groups in total. The van der Waals surface area contributed by atoms with E-state index in [-0.39, 0.29) is 12.5 Å². The van der Waals surface area contributed by atoms with Crippen molar-refractivity contribution in [1.82, 2.24) is 5.32 Å². The lowest BCUT2D eigenvalue weighted by Gasteiger charge is -2.26. The number of nitrogens with one attached hydrogen (secondary N) is 1. The van der Waals surface area contributed by atoms with E-state index in [9.17, 15) is 20.1 Å². The Balaban J connectivity index is 3.57. The number of unbranched alkanes of at least 4 members (excludes halogenated alkanes) is 34. The summed E-state index contributed by atoms with van der Waals surface area (Å²) in [6.45, 7) is 4.20. The van der Waals surface area contributed by atoms with Gasteiger partial charge in [-0.2, -0.15) is 0 Å². The Morgan fingerprint density at radius 3 is 0.960 bits per heavy atom. The molecule has 0 aliphatic rings. The van der Waals surface area contributed by atoms with Crippen LogP contribution < -0.4 is 5.32 Å². The highest BCUT2D eigenvalue weighted by molar-refractivity contribution is 5.76. The third-order valence-electron chi connectivity index (χ3n) is 11.0.